The van der Waals surface area contributed by atoms with Gasteiger partial charge in [0.1, 0.15) is 0 Å². The van der Waals surface area contributed by atoms with Crippen molar-refractivity contribution in [1.29, 1.82) is 0 Å². The van der Waals surface area contributed by atoms with Crippen LogP contribution in [0.4, 0.5) is 0 Å². The fraction of sp³-hybridized carbons (Fsp3) is 0.310. The van der Waals surface area contributed by atoms with E-state index >= 15 is 0 Å². The molecule has 3 heterocycles. The molecular weight excluding hydrogens is 466 g/mol. The average molecular weight is 496 g/mol. The molecule has 1 aliphatic heterocycles. The van der Waals surface area contributed by atoms with Crippen LogP contribution in [0.15, 0.2) is 72.9 Å². The summed E-state index contributed by atoms with van der Waals surface area (Å²) in [6.45, 7) is 3.04. The Hall–Kier alpha value is -4.04. The zero-order valence-electron chi connectivity index (χ0n) is 20.7. The average Bonchev–Trinajstić information content (AvgIpc) is 3.46. The van der Waals surface area contributed by atoms with E-state index in [0.29, 0.717) is 25.4 Å². The largest absolute Gasteiger partial charge is 0.368 e. The molecule has 0 radical (unpaired) electrons. The van der Waals surface area contributed by atoms with E-state index in [1.165, 1.54) is 5.56 Å². The fourth-order valence-corrected chi connectivity index (χ4v) is 6.08. The number of aromatic nitrogens is 3. The number of carbonyl (C=O) groups excluding carboxylic acids is 2. The molecule has 2 N–H and O–H groups in total. The van der Waals surface area contributed by atoms with Gasteiger partial charge in [0.05, 0.1) is 30.0 Å². The lowest BCUT2D eigenvalue weighted by molar-refractivity contribution is -0.122. The highest BCUT2D eigenvalue weighted by molar-refractivity contribution is 6.04. The third kappa shape index (κ3) is 4.07. The number of carbonyl (C=O) groups is 2. The molecule has 37 heavy (non-hydrogen) atoms. The monoisotopic (exact) mass is 495 g/mol. The van der Waals surface area contributed by atoms with E-state index in [1.807, 2.05) is 59.5 Å². The molecule has 2 atom stereocenters. The summed E-state index contributed by atoms with van der Waals surface area (Å²) in [6, 6.07) is 21.5. The molecule has 8 heteroatoms. The van der Waals surface area contributed by atoms with Crippen LogP contribution in [0.5, 0.6) is 0 Å². The highest BCUT2D eigenvalue weighted by Gasteiger charge is 2.54. The van der Waals surface area contributed by atoms with Gasteiger partial charge in [-0.1, -0.05) is 48.5 Å². The molecule has 188 valence electrons. The van der Waals surface area contributed by atoms with Gasteiger partial charge in [0.25, 0.3) is 5.91 Å². The first-order chi connectivity index (χ1) is 18.1. The smallest absolute Gasteiger partial charge is 0.274 e. The van der Waals surface area contributed by atoms with Crippen molar-refractivity contribution in [3.8, 4) is 0 Å². The van der Waals surface area contributed by atoms with Crippen molar-refractivity contribution in [2.75, 3.05) is 13.1 Å². The van der Waals surface area contributed by atoms with E-state index < -0.39 is 0 Å². The zero-order chi connectivity index (χ0) is 25.4. The Morgan fingerprint density at radius 2 is 1.81 bits per heavy atom. The van der Waals surface area contributed by atoms with Crippen LogP contribution in [0, 0.1) is 0 Å². The summed E-state index contributed by atoms with van der Waals surface area (Å²) in [5, 5.41) is 11.3. The topological polar surface area (TPSA) is 100 Å². The van der Waals surface area contributed by atoms with Gasteiger partial charge in [-0.2, -0.15) is 5.10 Å². The van der Waals surface area contributed by atoms with E-state index in [0.717, 1.165) is 35.0 Å². The van der Waals surface area contributed by atoms with Gasteiger partial charge < -0.3 is 15.0 Å². The van der Waals surface area contributed by atoms with Gasteiger partial charge in [0.15, 0.2) is 5.69 Å². The van der Waals surface area contributed by atoms with Gasteiger partial charge in [0, 0.05) is 37.0 Å². The maximum atomic E-state index is 13.5. The molecule has 2 aliphatic rings. The molecule has 2 aromatic heterocycles. The van der Waals surface area contributed by atoms with Crippen LogP contribution in [0.1, 0.15) is 53.1 Å². The standard InChI is InChI=1S/C29H29N5O3/c1-19(35)31-25-21-9-2-4-11-23(21)29(27(25)37-18-20-8-6-7-15-30-20)13-16-34(17-14-29)28(36)26-22-10-3-5-12-24(22)32-33-26/h2-12,15,25,27H,13-14,16-18H2,1H3,(H,31,35)(H,32,33)/t25-,27+/m1/s1. The molecule has 8 nitrogen and oxygen atoms in total. The number of pyridine rings is 1. The van der Waals surface area contributed by atoms with Gasteiger partial charge in [-0.05, 0) is 42.2 Å². The predicted molar refractivity (Wildman–Crippen MR) is 139 cm³/mol. The van der Waals surface area contributed by atoms with E-state index in [9.17, 15) is 9.59 Å². The fourth-order valence-electron chi connectivity index (χ4n) is 6.08. The molecule has 2 amide bonds. The van der Waals surface area contributed by atoms with Crippen molar-refractivity contribution in [3.63, 3.8) is 0 Å². The number of hydrogen-bond donors (Lipinski definition) is 2. The summed E-state index contributed by atoms with van der Waals surface area (Å²) < 4.78 is 6.61. The van der Waals surface area contributed by atoms with E-state index in [4.69, 9.17) is 4.74 Å². The molecule has 1 fully saturated rings. The number of H-pyrrole nitrogens is 1. The maximum Gasteiger partial charge on any atom is 0.274 e. The SMILES string of the molecule is CC(=O)N[C@@H]1c2ccccc2C2(CCN(C(=O)c3n[nH]c4ccccc34)CC2)[C@H]1OCc1ccccn1. The number of piperidine rings is 1. The van der Waals surface area contributed by atoms with Crippen molar-refractivity contribution >= 4 is 22.7 Å². The lowest BCUT2D eigenvalue weighted by Gasteiger charge is -2.44. The van der Waals surface area contributed by atoms with Crippen molar-refractivity contribution in [3.05, 3.63) is 95.4 Å². The van der Waals surface area contributed by atoms with Gasteiger partial charge in [-0.3, -0.25) is 19.7 Å². The number of ether oxygens (including phenoxy) is 1. The van der Waals surface area contributed by atoms with Crippen LogP contribution in [-0.4, -0.2) is 51.1 Å². The highest BCUT2D eigenvalue weighted by Crippen LogP contribution is 2.52. The summed E-state index contributed by atoms with van der Waals surface area (Å²) in [4.78, 5) is 32.0. The highest BCUT2D eigenvalue weighted by atomic mass is 16.5. The third-order valence-electron chi connectivity index (χ3n) is 7.79. The van der Waals surface area contributed by atoms with Crippen molar-refractivity contribution in [1.82, 2.24) is 25.4 Å². The number of nitrogens with one attached hydrogen (secondary N) is 2. The number of amides is 2. The number of benzene rings is 2. The van der Waals surface area contributed by atoms with E-state index in [1.54, 1.807) is 13.1 Å². The molecule has 4 aromatic rings. The van der Waals surface area contributed by atoms with Crippen molar-refractivity contribution in [2.45, 2.75) is 43.9 Å². The number of aromatic amines is 1. The second-order valence-electron chi connectivity index (χ2n) is 9.88. The van der Waals surface area contributed by atoms with E-state index in [2.05, 4.69) is 32.6 Å². The minimum Gasteiger partial charge on any atom is -0.368 e. The minimum atomic E-state index is -0.330. The summed E-state index contributed by atoms with van der Waals surface area (Å²) in [5.41, 5.74) is 4.10. The Balaban J connectivity index is 1.30. The van der Waals surface area contributed by atoms with Crippen LogP contribution in [0.3, 0.4) is 0 Å². The van der Waals surface area contributed by atoms with Crippen LogP contribution >= 0.6 is 0 Å². The second kappa shape index (κ2) is 9.44. The molecule has 0 bridgehead atoms. The summed E-state index contributed by atoms with van der Waals surface area (Å²) >= 11 is 0. The van der Waals surface area contributed by atoms with Gasteiger partial charge in [-0.25, -0.2) is 0 Å². The van der Waals surface area contributed by atoms with Crippen LogP contribution in [-0.2, 0) is 21.6 Å². The van der Waals surface area contributed by atoms with Gasteiger partial charge >= 0.3 is 0 Å². The Morgan fingerprint density at radius 3 is 2.59 bits per heavy atom. The van der Waals surface area contributed by atoms with Crippen molar-refractivity contribution in [2.24, 2.45) is 0 Å². The normalized spacial score (nSPS) is 20.2. The lowest BCUT2D eigenvalue weighted by atomic mass is 9.71. The molecule has 1 saturated heterocycles. The number of nitrogens with zero attached hydrogens (tertiary/aromatic N) is 3. The van der Waals surface area contributed by atoms with Gasteiger partial charge in [-0.15, -0.1) is 0 Å². The first kappa shape index (κ1) is 23.4. The Labute approximate surface area is 215 Å². The molecular formula is C29H29N5O3. The summed E-state index contributed by atoms with van der Waals surface area (Å²) in [7, 11) is 0. The number of hydrogen-bond acceptors (Lipinski definition) is 5. The first-order valence-electron chi connectivity index (χ1n) is 12.7. The maximum absolute atomic E-state index is 13.5. The summed E-state index contributed by atoms with van der Waals surface area (Å²) in [5.74, 6) is -0.163. The molecule has 2 aromatic carbocycles. The minimum absolute atomic E-state index is 0.0667. The van der Waals surface area contributed by atoms with Gasteiger partial charge in [0.2, 0.25) is 5.91 Å². The van der Waals surface area contributed by atoms with Crippen LogP contribution in [0.2, 0.25) is 0 Å². The number of rotatable bonds is 5. The van der Waals surface area contributed by atoms with E-state index in [-0.39, 0.29) is 29.4 Å². The zero-order valence-corrected chi connectivity index (χ0v) is 20.7. The van der Waals surface area contributed by atoms with Crippen molar-refractivity contribution < 1.29 is 14.3 Å². The second-order valence-corrected chi connectivity index (χ2v) is 9.88. The van der Waals surface area contributed by atoms with Crippen LogP contribution in [0.25, 0.3) is 10.9 Å². The number of para-hydroxylation sites is 1. The lowest BCUT2D eigenvalue weighted by Crippen LogP contribution is -2.52. The predicted octanol–water partition coefficient (Wildman–Crippen LogP) is 3.91. The Morgan fingerprint density at radius 1 is 1.05 bits per heavy atom. The van der Waals surface area contributed by atoms with Crippen LogP contribution < -0.4 is 5.32 Å². The molecule has 0 saturated carbocycles. The molecule has 0 unspecified atom stereocenters. The third-order valence-corrected chi connectivity index (χ3v) is 7.79. The summed E-state index contributed by atoms with van der Waals surface area (Å²) in [6.07, 6.45) is 2.92. The number of fused-ring (bicyclic) bond motifs is 3. The molecule has 1 aliphatic carbocycles. The molecule has 1 spiro atoms. The number of likely N-dealkylation sites (tertiary alicyclic amines) is 1. The quantitative estimate of drug-likeness (QED) is 0.437. The Bertz CT molecular complexity index is 1440. The Kier molecular flexibility index (Phi) is 5.96. The molecule has 6 rings (SSSR count). The first-order valence-corrected chi connectivity index (χ1v) is 12.7.